The number of rotatable bonds is 3. The van der Waals surface area contributed by atoms with Gasteiger partial charge < -0.3 is 15.2 Å². The lowest BCUT2D eigenvalue weighted by Gasteiger charge is -2.11. The van der Waals surface area contributed by atoms with Crippen LogP contribution in [0.3, 0.4) is 0 Å². The molecule has 2 aromatic carbocycles. The molecule has 3 nitrogen and oxygen atoms in total. The molecule has 0 spiro atoms. The molecule has 2 N–H and O–H groups in total. The number of nitrogen functional groups attached to an aromatic ring is 1. The fourth-order valence-corrected chi connectivity index (χ4v) is 1.74. The highest BCUT2D eigenvalue weighted by Gasteiger charge is 2.09. The smallest absolute Gasteiger partial charge is 0.154 e. The summed E-state index contributed by atoms with van der Waals surface area (Å²) >= 11 is 12.0. The van der Waals surface area contributed by atoms with Crippen LogP contribution in [0.5, 0.6) is 17.2 Å². The Morgan fingerprint density at radius 1 is 1.06 bits per heavy atom. The molecule has 94 valence electrons. The predicted octanol–water partition coefficient (Wildman–Crippen LogP) is 4.38. The Morgan fingerprint density at radius 3 is 2.56 bits per heavy atom. The molecule has 0 unspecified atom stereocenters. The van der Waals surface area contributed by atoms with Crippen molar-refractivity contribution in [1.29, 1.82) is 0 Å². The summed E-state index contributed by atoms with van der Waals surface area (Å²) in [5, 5.41) is 0.775. The molecule has 0 radical (unpaired) electrons. The van der Waals surface area contributed by atoms with Crippen LogP contribution in [0.2, 0.25) is 10.0 Å². The van der Waals surface area contributed by atoms with Crippen LogP contribution in [0.4, 0.5) is 5.69 Å². The Labute approximate surface area is 115 Å². The third kappa shape index (κ3) is 2.63. The lowest BCUT2D eigenvalue weighted by Crippen LogP contribution is -1.94. The molecule has 0 saturated carbocycles. The van der Waals surface area contributed by atoms with Gasteiger partial charge in [0.1, 0.15) is 16.5 Å². The highest BCUT2D eigenvalue weighted by atomic mass is 35.5. The molecule has 0 atom stereocenters. The number of ether oxygens (including phenoxy) is 2. The Morgan fingerprint density at radius 2 is 1.83 bits per heavy atom. The van der Waals surface area contributed by atoms with Crippen molar-refractivity contribution in [2.24, 2.45) is 0 Å². The summed E-state index contributed by atoms with van der Waals surface area (Å²) in [5.41, 5.74) is 6.32. The molecule has 18 heavy (non-hydrogen) atoms. The Balaban J connectivity index is 2.36. The third-order valence-electron chi connectivity index (χ3n) is 2.36. The van der Waals surface area contributed by atoms with Gasteiger partial charge in [0.25, 0.3) is 0 Å². The second-order valence-electron chi connectivity index (χ2n) is 3.56. The number of hydrogen-bond donors (Lipinski definition) is 1. The summed E-state index contributed by atoms with van der Waals surface area (Å²) in [4.78, 5) is 0. The number of benzene rings is 2. The molecule has 2 rings (SSSR count). The van der Waals surface area contributed by atoms with Crippen LogP contribution in [0.1, 0.15) is 0 Å². The van der Waals surface area contributed by atoms with Crippen LogP contribution < -0.4 is 15.2 Å². The van der Waals surface area contributed by atoms with Crippen LogP contribution in [0.15, 0.2) is 36.4 Å². The van der Waals surface area contributed by atoms with Gasteiger partial charge in [-0.3, -0.25) is 0 Å². The van der Waals surface area contributed by atoms with Gasteiger partial charge in [-0.2, -0.15) is 0 Å². The molecule has 0 amide bonds. The molecule has 0 aromatic heterocycles. The summed E-state index contributed by atoms with van der Waals surface area (Å²) < 4.78 is 10.7. The molecule has 0 saturated heterocycles. The van der Waals surface area contributed by atoms with E-state index in [9.17, 15) is 0 Å². The van der Waals surface area contributed by atoms with E-state index in [4.69, 9.17) is 38.4 Å². The first-order valence-corrected chi connectivity index (χ1v) is 5.93. The molecular formula is C13H11Cl2NO2. The van der Waals surface area contributed by atoms with E-state index < -0.39 is 0 Å². The van der Waals surface area contributed by atoms with E-state index >= 15 is 0 Å². The topological polar surface area (TPSA) is 44.5 Å². The van der Waals surface area contributed by atoms with Gasteiger partial charge in [-0.25, -0.2) is 0 Å². The average Bonchev–Trinajstić information content (AvgIpc) is 2.37. The Bertz CT molecular complexity index is 573. The van der Waals surface area contributed by atoms with Gasteiger partial charge in [0, 0.05) is 6.07 Å². The minimum Gasteiger partial charge on any atom is -0.497 e. The molecule has 0 fully saturated rings. The largest absolute Gasteiger partial charge is 0.497 e. The number of methoxy groups -OCH3 is 1. The summed E-state index contributed by atoms with van der Waals surface area (Å²) in [5.74, 6) is 1.57. The predicted molar refractivity (Wildman–Crippen MR) is 73.9 cm³/mol. The third-order valence-corrected chi connectivity index (χ3v) is 3.16. The minimum absolute atomic E-state index is 0.349. The zero-order valence-electron chi connectivity index (χ0n) is 9.61. The van der Waals surface area contributed by atoms with E-state index in [0.717, 1.165) is 0 Å². The lowest BCUT2D eigenvalue weighted by atomic mass is 10.2. The Kier molecular flexibility index (Phi) is 3.84. The van der Waals surface area contributed by atoms with Gasteiger partial charge in [-0.05, 0) is 24.3 Å². The van der Waals surface area contributed by atoms with Crippen molar-refractivity contribution in [2.75, 3.05) is 12.8 Å². The maximum absolute atomic E-state index is 6.04. The van der Waals surface area contributed by atoms with Gasteiger partial charge in [-0.1, -0.05) is 29.3 Å². The molecule has 2 aromatic rings. The first-order valence-electron chi connectivity index (χ1n) is 5.17. The molecule has 0 bridgehead atoms. The number of halogens is 2. The molecule has 0 aliphatic carbocycles. The first-order chi connectivity index (χ1) is 8.61. The van der Waals surface area contributed by atoms with Gasteiger partial charge >= 0.3 is 0 Å². The van der Waals surface area contributed by atoms with E-state index in [-0.39, 0.29) is 0 Å². The van der Waals surface area contributed by atoms with E-state index in [1.807, 2.05) is 0 Å². The maximum Gasteiger partial charge on any atom is 0.154 e. The summed E-state index contributed by atoms with van der Waals surface area (Å²) in [6.07, 6.45) is 0. The van der Waals surface area contributed by atoms with Crippen LogP contribution in [0.25, 0.3) is 0 Å². The molecule has 0 aliphatic rings. The van der Waals surface area contributed by atoms with E-state index in [1.165, 1.54) is 0 Å². The number of hydrogen-bond acceptors (Lipinski definition) is 3. The van der Waals surface area contributed by atoms with Crippen molar-refractivity contribution in [3.63, 3.8) is 0 Å². The van der Waals surface area contributed by atoms with Crippen molar-refractivity contribution >= 4 is 28.9 Å². The first kappa shape index (κ1) is 12.9. The highest BCUT2D eigenvalue weighted by Crippen LogP contribution is 2.37. The molecule has 5 heteroatoms. The van der Waals surface area contributed by atoms with E-state index in [2.05, 4.69) is 0 Å². The van der Waals surface area contributed by atoms with Crippen LogP contribution in [-0.2, 0) is 0 Å². The normalized spacial score (nSPS) is 10.2. The molecule has 0 aliphatic heterocycles. The van der Waals surface area contributed by atoms with Crippen LogP contribution in [-0.4, -0.2) is 7.11 Å². The summed E-state index contributed by atoms with van der Waals surface area (Å²) in [6.45, 7) is 0. The summed E-state index contributed by atoms with van der Waals surface area (Å²) in [6, 6.07) is 10.3. The Hall–Kier alpha value is -1.58. The van der Waals surface area contributed by atoms with Crippen molar-refractivity contribution in [3.8, 4) is 17.2 Å². The molecule has 0 heterocycles. The monoisotopic (exact) mass is 283 g/mol. The fourth-order valence-electron chi connectivity index (χ4n) is 1.41. The summed E-state index contributed by atoms with van der Waals surface area (Å²) in [7, 11) is 1.57. The van der Waals surface area contributed by atoms with Crippen molar-refractivity contribution in [2.45, 2.75) is 0 Å². The lowest BCUT2D eigenvalue weighted by molar-refractivity contribution is 0.409. The fraction of sp³-hybridized carbons (Fsp3) is 0.0769. The van der Waals surface area contributed by atoms with E-state index in [0.29, 0.717) is 33.0 Å². The highest BCUT2D eigenvalue weighted by molar-refractivity contribution is 6.42. The minimum atomic E-state index is 0.349. The van der Waals surface area contributed by atoms with Crippen molar-refractivity contribution < 1.29 is 9.47 Å². The van der Waals surface area contributed by atoms with Crippen LogP contribution >= 0.6 is 23.2 Å². The second kappa shape index (κ2) is 5.38. The van der Waals surface area contributed by atoms with Crippen LogP contribution in [0, 0.1) is 0 Å². The average molecular weight is 284 g/mol. The number of anilines is 1. The van der Waals surface area contributed by atoms with Gasteiger partial charge in [0.05, 0.1) is 17.8 Å². The van der Waals surface area contributed by atoms with Gasteiger partial charge in [0.15, 0.2) is 5.75 Å². The van der Waals surface area contributed by atoms with Crippen molar-refractivity contribution in [1.82, 2.24) is 0 Å². The maximum atomic E-state index is 6.04. The van der Waals surface area contributed by atoms with Gasteiger partial charge in [0.2, 0.25) is 0 Å². The standard InChI is InChI=1S/C13H11Cl2NO2/c1-17-8-5-6-10(16)12(7-8)18-11-4-2-3-9(14)13(11)15/h2-7H,16H2,1H3. The second-order valence-corrected chi connectivity index (χ2v) is 4.34. The zero-order chi connectivity index (χ0) is 13.1. The number of nitrogens with two attached hydrogens (primary N) is 1. The van der Waals surface area contributed by atoms with Crippen molar-refractivity contribution in [3.05, 3.63) is 46.4 Å². The van der Waals surface area contributed by atoms with E-state index in [1.54, 1.807) is 43.5 Å². The SMILES string of the molecule is COc1ccc(N)c(Oc2cccc(Cl)c2Cl)c1. The van der Waals surface area contributed by atoms with Gasteiger partial charge in [-0.15, -0.1) is 0 Å². The quantitative estimate of drug-likeness (QED) is 0.851. The zero-order valence-corrected chi connectivity index (χ0v) is 11.1. The molecular weight excluding hydrogens is 273 g/mol.